The number of H-pyrrole nitrogens is 1. The van der Waals surface area contributed by atoms with E-state index >= 15 is 0 Å². The molecule has 1 aliphatic rings. The summed E-state index contributed by atoms with van der Waals surface area (Å²) >= 11 is 1.44. The molecule has 0 spiro atoms. The lowest BCUT2D eigenvalue weighted by molar-refractivity contribution is -0.113. The van der Waals surface area contributed by atoms with Crippen LogP contribution < -0.4 is 5.32 Å². The van der Waals surface area contributed by atoms with Crippen molar-refractivity contribution in [1.29, 1.82) is 0 Å². The Kier molecular flexibility index (Phi) is 4.83. The minimum atomic E-state index is -0.0345. The van der Waals surface area contributed by atoms with Crippen molar-refractivity contribution in [2.24, 2.45) is 0 Å². The van der Waals surface area contributed by atoms with E-state index in [-0.39, 0.29) is 5.91 Å². The highest BCUT2D eigenvalue weighted by molar-refractivity contribution is 7.99. The molecule has 1 saturated carbocycles. The molecule has 0 atom stereocenters. The molecule has 2 aromatic carbocycles. The van der Waals surface area contributed by atoms with Crippen LogP contribution in [0.15, 0.2) is 53.8 Å². The van der Waals surface area contributed by atoms with E-state index in [1.165, 1.54) is 11.8 Å². The maximum absolute atomic E-state index is 12.6. The second-order valence-electron chi connectivity index (χ2n) is 7.81. The van der Waals surface area contributed by atoms with E-state index < -0.39 is 0 Å². The summed E-state index contributed by atoms with van der Waals surface area (Å²) in [6.45, 7) is 4.02. The van der Waals surface area contributed by atoms with Gasteiger partial charge in [-0.3, -0.25) is 9.36 Å². The van der Waals surface area contributed by atoms with E-state index in [0.717, 1.165) is 57.1 Å². The van der Waals surface area contributed by atoms with Crippen molar-refractivity contribution in [3.63, 3.8) is 0 Å². The van der Waals surface area contributed by atoms with Crippen molar-refractivity contribution in [3.8, 4) is 11.4 Å². The molecule has 30 heavy (non-hydrogen) atoms. The van der Waals surface area contributed by atoms with Gasteiger partial charge in [0.1, 0.15) is 0 Å². The van der Waals surface area contributed by atoms with E-state index in [2.05, 4.69) is 37.2 Å². The number of aromatic amines is 1. The average molecular weight is 418 g/mol. The summed E-state index contributed by atoms with van der Waals surface area (Å²) < 4.78 is 2.20. The maximum atomic E-state index is 12.6. The lowest BCUT2D eigenvalue weighted by Gasteiger charge is -2.10. The number of amides is 1. The topological polar surface area (TPSA) is 75.6 Å². The highest BCUT2D eigenvalue weighted by atomic mass is 32.2. The van der Waals surface area contributed by atoms with Crippen molar-refractivity contribution < 1.29 is 4.79 Å². The van der Waals surface area contributed by atoms with Crippen LogP contribution in [0.2, 0.25) is 0 Å². The smallest absolute Gasteiger partial charge is 0.234 e. The second-order valence-corrected chi connectivity index (χ2v) is 8.75. The molecule has 6 nitrogen and oxygen atoms in total. The van der Waals surface area contributed by atoms with Crippen molar-refractivity contribution in [3.05, 3.63) is 59.8 Å². The van der Waals surface area contributed by atoms with Crippen LogP contribution in [0.1, 0.15) is 30.0 Å². The van der Waals surface area contributed by atoms with Gasteiger partial charge in [-0.2, -0.15) is 0 Å². The zero-order valence-corrected chi connectivity index (χ0v) is 17.8. The van der Waals surface area contributed by atoms with Crippen LogP contribution in [-0.2, 0) is 4.79 Å². The molecule has 152 valence electrons. The highest BCUT2D eigenvalue weighted by Crippen LogP contribution is 2.42. The molecule has 2 N–H and O–H groups in total. The molecule has 1 aliphatic carbocycles. The van der Waals surface area contributed by atoms with Crippen LogP contribution in [0.25, 0.3) is 22.3 Å². The van der Waals surface area contributed by atoms with Gasteiger partial charge in [0, 0.05) is 34.4 Å². The first-order chi connectivity index (χ1) is 14.6. The van der Waals surface area contributed by atoms with Gasteiger partial charge in [-0.15, -0.1) is 10.2 Å². The van der Waals surface area contributed by atoms with Gasteiger partial charge in [-0.05, 0) is 49.9 Å². The first-order valence-corrected chi connectivity index (χ1v) is 11.1. The molecule has 0 radical (unpaired) electrons. The fourth-order valence-electron chi connectivity index (χ4n) is 3.66. The SMILES string of the molecule is Cc1ccc(C)c(NC(=O)CSc2nnc(-c3c[nH]c4ccccc34)n2C2CC2)c1. The minimum Gasteiger partial charge on any atom is -0.360 e. The molecular formula is C23H23N5OS. The van der Waals surface area contributed by atoms with Gasteiger partial charge in [0.25, 0.3) is 0 Å². The average Bonchev–Trinajstić information content (AvgIpc) is 3.35. The van der Waals surface area contributed by atoms with Crippen molar-refractivity contribution >= 4 is 34.3 Å². The number of aryl methyl sites for hydroxylation is 2. The van der Waals surface area contributed by atoms with Crippen molar-refractivity contribution in [1.82, 2.24) is 19.7 Å². The van der Waals surface area contributed by atoms with Crippen LogP contribution in [0.3, 0.4) is 0 Å². The summed E-state index contributed by atoms with van der Waals surface area (Å²) in [5.41, 5.74) is 5.18. The largest absolute Gasteiger partial charge is 0.360 e. The summed E-state index contributed by atoms with van der Waals surface area (Å²) in [7, 11) is 0. The second kappa shape index (κ2) is 7.65. The molecular weight excluding hydrogens is 394 g/mol. The van der Waals surface area contributed by atoms with Crippen LogP contribution in [-0.4, -0.2) is 31.4 Å². The maximum Gasteiger partial charge on any atom is 0.234 e. The number of fused-ring (bicyclic) bond motifs is 1. The summed E-state index contributed by atoms with van der Waals surface area (Å²) in [6.07, 6.45) is 4.24. The molecule has 0 aliphatic heterocycles. The Morgan fingerprint density at radius 2 is 2.03 bits per heavy atom. The fraction of sp³-hybridized carbons (Fsp3) is 0.261. The quantitative estimate of drug-likeness (QED) is 0.428. The van der Waals surface area contributed by atoms with Gasteiger partial charge >= 0.3 is 0 Å². The Hall–Kier alpha value is -3.06. The number of carbonyl (C=O) groups is 1. The molecule has 0 bridgehead atoms. The van der Waals surface area contributed by atoms with Gasteiger partial charge < -0.3 is 10.3 Å². The van der Waals surface area contributed by atoms with Crippen molar-refractivity contribution in [2.45, 2.75) is 37.9 Å². The van der Waals surface area contributed by atoms with E-state index in [9.17, 15) is 4.79 Å². The molecule has 5 rings (SSSR count). The fourth-order valence-corrected chi connectivity index (χ4v) is 4.47. The Labute approximate surface area is 179 Å². The third-order valence-electron chi connectivity index (χ3n) is 5.41. The Bertz CT molecular complexity index is 1240. The molecule has 2 heterocycles. The van der Waals surface area contributed by atoms with Crippen LogP contribution in [0, 0.1) is 13.8 Å². The predicted octanol–water partition coefficient (Wildman–Crippen LogP) is 5.11. The van der Waals surface area contributed by atoms with E-state index in [4.69, 9.17) is 0 Å². The normalized spacial score (nSPS) is 13.7. The lowest BCUT2D eigenvalue weighted by atomic mass is 10.1. The zero-order valence-electron chi connectivity index (χ0n) is 17.0. The van der Waals surface area contributed by atoms with Gasteiger partial charge in [-0.1, -0.05) is 42.1 Å². The van der Waals surface area contributed by atoms with Gasteiger partial charge in [0.2, 0.25) is 5.91 Å². The number of thioether (sulfide) groups is 1. The number of para-hydroxylation sites is 1. The molecule has 7 heteroatoms. The van der Waals surface area contributed by atoms with Gasteiger partial charge in [0.05, 0.1) is 5.75 Å². The Balaban J connectivity index is 1.37. The number of aromatic nitrogens is 4. The number of carbonyl (C=O) groups excluding carboxylic acids is 1. The first-order valence-electron chi connectivity index (χ1n) is 10.1. The van der Waals surface area contributed by atoms with Crippen LogP contribution >= 0.6 is 11.8 Å². The third kappa shape index (κ3) is 3.61. The molecule has 1 amide bonds. The highest BCUT2D eigenvalue weighted by Gasteiger charge is 2.31. The lowest BCUT2D eigenvalue weighted by Crippen LogP contribution is -2.15. The van der Waals surface area contributed by atoms with Crippen LogP contribution in [0.5, 0.6) is 0 Å². The molecule has 0 saturated heterocycles. The van der Waals surface area contributed by atoms with Gasteiger partial charge in [0.15, 0.2) is 11.0 Å². The number of hydrogen-bond donors (Lipinski definition) is 2. The summed E-state index contributed by atoms with van der Waals surface area (Å²) in [5, 5.41) is 13.9. The summed E-state index contributed by atoms with van der Waals surface area (Å²) in [5.74, 6) is 1.13. The van der Waals surface area contributed by atoms with E-state index in [0.29, 0.717) is 11.8 Å². The van der Waals surface area contributed by atoms with Gasteiger partial charge in [-0.25, -0.2) is 0 Å². The number of nitrogens with one attached hydrogen (secondary N) is 2. The standard InChI is InChI=1S/C23H23N5OS/c1-14-7-8-15(2)20(11-14)25-21(29)13-30-23-27-26-22(28(23)16-9-10-16)18-12-24-19-6-4-3-5-17(18)19/h3-8,11-12,16,24H,9-10,13H2,1-2H3,(H,25,29). The first kappa shape index (κ1) is 18.9. The Morgan fingerprint density at radius 3 is 2.87 bits per heavy atom. The third-order valence-corrected chi connectivity index (χ3v) is 6.35. The number of hydrogen-bond acceptors (Lipinski definition) is 4. The Morgan fingerprint density at radius 1 is 1.20 bits per heavy atom. The number of anilines is 1. The number of rotatable bonds is 6. The monoisotopic (exact) mass is 417 g/mol. The van der Waals surface area contributed by atoms with E-state index in [1.54, 1.807) is 0 Å². The molecule has 2 aromatic heterocycles. The zero-order chi connectivity index (χ0) is 20.7. The number of nitrogens with zero attached hydrogens (tertiary/aromatic N) is 3. The molecule has 4 aromatic rings. The van der Waals surface area contributed by atoms with E-state index in [1.807, 2.05) is 50.4 Å². The van der Waals surface area contributed by atoms with Crippen LogP contribution in [0.4, 0.5) is 5.69 Å². The summed E-state index contributed by atoms with van der Waals surface area (Å²) in [4.78, 5) is 15.9. The molecule has 0 unspecified atom stereocenters. The predicted molar refractivity (Wildman–Crippen MR) is 121 cm³/mol. The number of benzene rings is 2. The minimum absolute atomic E-state index is 0.0345. The molecule has 1 fully saturated rings. The van der Waals surface area contributed by atoms with Crippen molar-refractivity contribution in [2.75, 3.05) is 11.1 Å². The summed E-state index contributed by atoms with van der Waals surface area (Å²) in [6, 6.07) is 14.7.